The number of hydrazine groups is 1. The zero-order chi connectivity index (χ0) is 10.1. The SMILES string of the molecule is C#CCNC(=S)NNC(=S)NCC. The highest BCUT2D eigenvalue weighted by Crippen LogP contribution is 1.65. The van der Waals surface area contributed by atoms with Crippen LogP contribution in [0.2, 0.25) is 0 Å². The fraction of sp³-hybridized carbons (Fsp3) is 0.429. The molecule has 0 radical (unpaired) electrons. The Kier molecular flexibility index (Phi) is 6.96. The Morgan fingerprint density at radius 1 is 1.23 bits per heavy atom. The molecule has 0 aromatic carbocycles. The molecule has 72 valence electrons. The van der Waals surface area contributed by atoms with Gasteiger partial charge in [-0.1, -0.05) is 5.92 Å². The molecular formula is C7H12N4S2. The van der Waals surface area contributed by atoms with Gasteiger partial charge in [0.2, 0.25) is 0 Å². The van der Waals surface area contributed by atoms with Gasteiger partial charge in [0.05, 0.1) is 6.54 Å². The summed E-state index contributed by atoms with van der Waals surface area (Å²) in [6, 6.07) is 0. The Balaban J connectivity index is 3.47. The summed E-state index contributed by atoms with van der Waals surface area (Å²) >= 11 is 9.73. The number of rotatable bonds is 2. The zero-order valence-corrected chi connectivity index (χ0v) is 8.94. The van der Waals surface area contributed by atoms with Crippen molar-refractivity contribution >= 4 is 34.7 Å². The summed E-state index contributed by atoms with van der Waals surface area (Å²) in [6.07, 6.45) is 5.02. The smallest absolute Gasteiger partial charge is 0.185 e. The molecule has 0 fully saturated rings. The summed E-state index contributed by atoms with van der Waals surface area (Å²) < 4.78 is 0. The standard InChI is InChI=1S/C7H12N4S2/c1-3-5-9-7(13)11-10-6(12)8-4-2/h1H,4-5H2,2H3,(H2,8,10,12)(H2,9,11,13). The molecule has 0 rings (SSSR count). The lowest BCUT2D eigenvalue weighted by Gasteiger charge is -2.11. The summed E-state index contributed by atoms with van der Waals surface area (Å²) in [6.45, 7) is 3.10. The summed E-state index contributed by atoms with van der Waals surface area (Å²) in [4.78, 5) is 0. The first-order chi connectivity index (χ1) is 6.20. The maximum absolute atomic E-state index is 5.02. The van der Waals surface area contributed by atoms with Crippen LogP contribution in [-0.4, -0.2) is 23.3 Å². The van der Waals surface area contributed by atoms with Gasteiger partial charge < -0.3 is 10.6 Å². The molecule has 13 heavy (non-hydrogen) atoms. The molecule has 6 heteroatoms. The van der Waals surface area contributed by atoms with Crippen molar-refractivity contribution in [2.75, 3.05) is 13.1 Å². The Bertz CT molecular complexity index is 221. The van der Waals surface area contributed by atoms with Gasteiger partial charge in [-0.3, -0.25) is 10.9 Å². The van der Waals surface area contributed by atoms with Crippen LogP contribution in [0, 0.1) is 12.3 Å². The lowest BCUT2D eigenvalue weighted by atomic mass is 10.7. The molecule has 0 amide bonds. The van der Waals surface area contributed by atoms with Gasteiger partial charge in [0.1, 0.15) is 0 Å². The average molecular weight is 216 g/mol. The summed E-state index contributed by atoms with van der Waals surface area (Å²) in [5.74, 6) is 2.40. The number of hydrogen-bond acceptors (Lipinski definition) is 2. The van der Waals surface area contributed by atoms with E-state index in [2.05, 4.69) is 27.4 Å². The Morgan fingerprint density at radius 3 is 2.23 bits per heavy atom. The van der Waals surface area contributed by atoms with Crippen LogP contribution in [-0.2, 0) is 0 Å². The molecule has 0 heterocycles. The van der Waals surface area contributed by atoms with Crippen molar-refractivity contribution in [3.63, 3.8) is 0 Å². The summed E-state index contributed by atoms with van der Waals surface area (Å²) in [5, 5.41) is 6.56. The highest BCUT2D eigenvalue weighted by atomic mass is 32.1. The first-order valence-electron chi connectivity index (χ1n) is 3.71. The van der Waals surface area contributed by atoms with Crippen molar-refractivity contribution in [3.05, 3.63) is 0 Å². The molecule has 0 bridgehead atoms. The van der Waals surface area contributed by atoms with E-state index in [-0.39, 0.29) is 0 Å². The predicted molar refractivity (Wildman–Crippen MR) is 62.0 cm³/mol. The minimum Gasteiger partial charge on any atom is -0.362 e. The number of thiocarbonyl (C=S) groups is 2. The molecule has 0 aromatic heterocycles. The normalized spacial score (nSPS) is 8.00. The van der Waals surface area contributed by atoms with Crippen LogP contribution in [0.25, 0.3) is 0 Å². The van der Waals surface area contributed by atoms with Crippen LogP contribution in [0.5, 0.6) is 0 Å². The maximum Gasteiger partial charge on any atom is 0.185 e. The lowest BCUT2D eigenvalue weighted by molar-refractivity contribution is 0.801. The molecule has 0 aliphatic heterocycles. The van der Waals surface area contributed by atoms with E-state index in [1.807, 2.05) is 6.92 Å². The molecule has 0 saturated heterocycles. The van der Waals surface area contributed by atoms with E-state index in [4.69, 9.17) is 30.9 Å². The second-order valence-electron chi connectivity index (χ2n) is 2.00. The van der Waals surface area contributed by atoms with E-state index >= 15 is 0 Å². The zero-order valence-electron chi connectivity index (χ0n) is 7.31. The topological polar surface area (TPSA) is 48.1 Å². The molecule has 0 atom stereocenters. The molecule has 0 aliphatic carbocycles. The largest absolute Gasteiger partial charge is 0.362 e. The highest BCUT2D eigenvalue weighted by Gasteiger charge is 1.93. The van der Waals surface area contributed by atoms with Crippen LogP contribution < -0.4 is 21.5 Å². The third-order valence-corrected chi connectivity index (χ3v) is 1.47. The molecule has 4 nitrogen and oxygen atoms in total. The van der Waals surface area contributed by atoms with E-state index in [1.54, 1.807) is 0 Å². The van der Waals surface area contributed by atoms with E-state index in [9.17, 15) is 0 Å². The molecule has 0 aromatic rings. The van der Waals surface area contributed by atoms with Crippen LogP contribution in [0.3, 0.4) is 0 Å². The summed E-state index contributed by atoms with van der Waals surface area (Å²) in [7, 11) is 0. The Hall–Kier alpha value is -1.06. The second-order valence-corrected chi connectivity index (χ2v) is 2.81. The minimum atomic E-state index is 0.390. The molecule has 4 N–H and O–H groups in total. The fourth-order valence-electron chi connectivity index (χ4n) is 0.494. The van der Waals surface area contributed by atoms with Gasteiger partial charge in [0.25, 0.3) is 0 Å². The van der Waals surface area contributed by atoms with Crippen LogP contribution in [0.1, 0.15) is 6.92 Å². The third-order valence-electron chi connectivity index (χ3n) is 0.978. The van der Waals surface area contributed by atoms with Gasteiger partial charge >= 0.3 is 0 Å². The van der Waals surface area contributed by atoms with Crippen molar-refractivity contribution in [1.29, 1.82) is 0 Å². The number of hydrogen-bond donors (Lipinski definition) is 4. The van der Waals surface area contributed by atoms with Crippen molar-refractivity contribution in [3.8, 4) is 12.3 Å². The third kappa shape index (κ3) is 7.31. The van der Waals surface area contributed by atoms with Gasteiger partial charge in [0, 0.05) is 6.54 Å². The van der Waals surface area contributed by atoms with Crippen molar-refractivity contribution < 1.29 is 0 Å². The van der Waals surface area contributed by atoms with E-state index < -0.39 is 0 Å². The monoisotopic (exact) mass is 216 g/mol. The average Bonchev–Trinajstić information content (AvgIpc) is 2.12. The molecule has 0 saturated carbocycles. The van der Waals surface area contributed by atoms with Crippen molar-refractivity contribution in [2.24, 2.45) is 0 Å². The van der Waals surface area contributed by atoms with E-state index in [0.29, 0.717) is 16.8 Å². The number of nitrogens with one attached hydrogen (secondary N) is 4. The Morgan fingerprint density at radius 2 is 1.77 bits per heavy atom. The van der Waals surface area contributed by atoms with Gasteiger partial charge in [-0.25, -0.2) is 0 Å². The van der Waals surface area contributed by atoms with Gasteiger partial charge in [-0.2, -0.15) is 0 Å². The van der Waals surface area contributed by atoms with E-state index in [0.717, 1.165) is 6.54 Å². The maximum atomic E-state index is 5.02. The molecule has 0 aliphatic rings. The van der Waals surface area contributed by atoms with Crippen LogP contribution in [0.15, 0.2) is 0 Å². The number of terminal acetylenes is 1. The lowest BCUT2D eigenvalue weighted by Crippen LogP contribution is -2.50. The molecule has 0 unspecified atom stereocenters. The molecule has 0 spiro atoms. The minimum absolute atomic E-state index is 0.390. The quantitative estimate of drug-likeness (QED) is 0.283. The van der Waals surface area contributed by atoms with Gasteiger partial charge in [0.15, 0.2) is 10.2 Å². The van der Waals surface area contributed by atoms with Crippen LogP contribution >= 0.6 is 24.4 Å². The first-order valence-corrected chi connectivity index (χ1v) is 4.53. The fourth-order valence-corrected chi connectivity index (χ4v) is 0.812. The predicted octanol–water partition coefficient (Wildman–Crippen LogP) is -0.517. The van der Waals surface area contributed by atoms with Crippen molar-refractivity contribution in [1.82, 2.24) is 21.5 Å². The van der Waals surface area contributed by atoms with E-state index in [1.165, 1.54) is 0 Å². The van der Waals surface area contributed by atoms with Crippen LogP contribution in [0.4, 0.5) is 0 Å². The first kappa shape index (κ1) is 11.9. The summed E-state index contributed by atoms with van der Waals surface area (Å²) in [5.41, 5.74) is 5.36. The van der Waals surface area contributed by atoms with Crippen molar-refractivity contribution in [2.45, 2.75) is 6.92 Å². The van der Waals surface area contributed by atoms with Gasteiger partial charge in [-0.15, -0.1) is 6.42 Å². The molecular weight excluding hydrogens is 204 g/mol. The Labute approximate surface area is 88.8 Å². The second kappa shape index (κ2) is 7.58. The van der Waals surface area contributed by atoms with Gasteiger partial charge in [-0.05, 0) is 31.4 Å². The highest BCUT2D eigenvalue weighted by molar-refractivity contribution is 7.80.